The lowest BCUT2D eigenvalue weighted by Crippen LogP contribution is -1.96. The SMILES string of the molecule is Cc1cccc(Oc2ccc(C#N)cc2[N+](=O)[O-])c1C. The molecule has 0 radical (unpaired) electrons. The molecule has 0 fully saturated rings. The molecule has 0 amide bonds. The van der Waals surface area contributed by atoms with E-state index >= 15 is 0 Å². The first-order valence-electron chi connectivity index (χ1n) is 5.95. The number of ether oxygens (including phenoxy) is 1. The van der Waals surface area contributed by atoms with Crippen LogP contribution in [0.4, 0.5) is 5.69 Å². The van der Waals surface area contributed by atoms with Crippen LogP contribution in [0, 0.1) is 35.3 Å². The average molecular weight is 268 g/mol. The summed E-state index contributed by atoms with van der Waals surface area (Å²) >= 11 is 0. The molecule has 0 atom stereocenters. The fourth-order valence-electron chi connectivity index (χ4n) is 1.77. The molecule has 2 aromatic carbocycles. The van der Waals surface area contributed by atoms with Crippen molar-refractivity contribution in [3.05, 3.63) is 63.2 Å². The Morgan fingerprint density at radius 2 is 1.95 bits per heavy atom. The molecular weight excluding hydrogens is 256 g/mol. The van der Waals surface area contributed by atoms with Crippen molar-refractivity contribution in [2.24, 2.45) is 0 Å². The Bertz CT molecular complexity index is 718. The van der Waals surface area contributed by atoms with Crippen molar-refractivity contribution in [3.8, 4) is 17.6 Å². The first-order valence-corrected chi connectivity index (χ1v) is 5.95. The first-order chi connectivity index (χ1) is 9.52. The monoisotopic (exact) mass is 268 g/mol. The number of nitro benzene ring substituents is 1. The quantitative estimate of drug-likeness (QED) is 0.625. The minimum Gasteiger partial charge on any atom is -0.450 e. The van der Waals surface area contributed by atoms with E-state index in [0.29, 0.717) is 5.75 Å². The Labute approximate surface area is 116 Å². The molecule has 0 aliphatic heterocycles. The van der Waals surface area contributed by atoms with Gasteiger partial charge in [-0.2, -0.15) is 5.26 Å². The lowest BCUT2D eigenvalue weighted by molar-refractivity contribution is -0.385. The van der Waals surface area contributed by atoms with E-state index in [-0.39, 0.29) is 17.0 Å². The summed E-state index contributed by atoms with van der Waals surface area (Å²) in [5.41, 5.74) is 1.97. The Hall–Kier alpha value is -2.87. The third-order valence-electron chi connectivity index (χ3n) is 3.06. The van der Waals surface area contributed by atoms with Crippen LogP contribution in [0.5, 0.6) is 11.5 Å². The Morgan fingerprint density at radius 1 is 1.20 bits per heavy atom. The number of nitro groups is 1. The molecule has 0 bridgehead atoms. The van der Waals surface area contributed by atoms with Crippen LogP contribution in [-0.2, 0) is 0 Å². The maximum absolute atomic E-state index is 11.0. The maximum Gasteiger partial charge on any atom is 0.312 e. The lowest BCUT2D eigenvalue weighted by atomic mass is 10.1. The topological polar surface area (TPSA) is 76.2 Å². The third-order valence-corrected chi connectivity index (χ3v) is 3.06. The number of hydrogen-bond donors (Lipinski definition) is 0. The maximum atomic E-state index is 11.0. The molecule has 100 valence electrons. The average Bonchev–Trinajstić information content (AvgIpc) is 2.44. The lowest BCUT2D eigenvalue weighted by Gasteiger charge is -2.10. The molecule has 0 spiro atoms. The van der Waals surface area contributed by atoms with E-state index in [2.05, 4.69) is 0 Å². The van der Waals surface area contributed by atoms with Crippen molar-refractivity contribution in [1.29, 1.82) is 5.26 Å². The second-order valence-electron chi connectivity index (χ2n) is 4.35. The molecule has 0 aliphatic rings. The van der Waals surface area contributed by atoms with Gasteiger partial charge in [0.25, 0.3) is 0 Å². The number of nitriles is 1. The molecule has 5 nitrogen and oxygen atoms in total. The van der Waals surface area contributed by atoms with Crippen LogP contribution in [0.2, 0.25) is 0 Å². The van der Waals surface area contributed by atoms with Gasteiger partial charge in [-0.3, -0.25) is 10.1 Å². The van der Waals surface area contributed by atoms with Crippen LogP contribution in [0.1, 0.15) is 16.7 Å². The van der Waals surface area contributed by atoms with Gasteiger partial charge in [0.1, 0.15) is 5.75 Å². The molecular formula is C15H12N2O3. The Balaban J connectivity index is 2.46. The van der Waals surface area contributed by atoms with E-state index in [1.165, 1.54) is 18.2 Å². The summed E-state index contributed by atoms with van der Waals surface area (Å²) in [4.78, 5) is 10.5. The highest BCUT2D eigenvalue weighted by Crippen LogP contribution is 2.34. The van der Waals surface area contributed by atoms with Crippen molar-refractivity contribution in [3.63, 3.8) is 0 Å². The first kappa shape index (κ1) is 13.6. The van der Waals surface area contributed by atoms with E-state index in [0.717, 1.165) is 11.1 Å². The van der Waals surface area contributed by atoms with E-state index in [1.807, 2.05) is 32.0 Å². The molecule has 0 N–H and O–H groups in total. The van der Waals surface area contributed by atoms with Gasteiger partial charge in [0.15, 0.2) is 0 Å². The zero-order chi connectivity index (χ0) is 14.7. The summed E-state index contributed by atoms with van der Waals surface area (Å²) in [5, 5.41) is 19.8. The predicted molar refractivity (Wildman–Crippen MR) is 73.8 cm³/mol. The largest absolute Gasteiger partial charge is 0.450 e. The molecule has 0 saturated heterocycles. The van der Waals surface area contributed by atoms with Crippen LogP contribution in [-0.4, -0.2) is 4.92 Å². The van der Waals surface area contributed by atoms with Crippen molar-refractivity contribution < 1.29 is 9.66 Å². The van der Waals surface area contributed by atoms with Crippen molar-refractivity contribution in [2.75, 3.05) is 0 Å². The molecule has 0 aromatic heterocycles. The van der Waals surface area contributed by atoms with Gasteiger partial charge in [-0.05, 0) is 43.2 Å². The highest BCUT2D eigenvalue weighted by atomic mass is 16.6. The van der Waals surface area contributed by atoms with Crippen LogP contribution >= 0.6 is 0 Å². The van der Waals surface area contributed by atoms with Crippen LogP contribution in [0.25, 0.3) is 0 Å². The number of rotatable bonds is 3. The third kappa shape index (κ3) is 2.59. The van der Waals surface area contributed by atoms with Crippen molar-refractivity contribution in [1.82, 2.24) is 0 Å². The van der Waals surface area contributed by atoms with E-state index in [1.54, 1.807) is 6.07 Å². The predicted octanol–water partition coefficient (Wildman–Crippen LogP) is 3.88. The van der Waals surface area contributed by atoms with Gasteiger partial charge in [0.05, 0.1) is 16.6 Å². The summed E-state index contributed by atoms with van der Waals surface area (Å²) in [6.45, 7) is 3.83. The molecule has 0 aliphatic carbocycles. The Kier molecular flexibility index (Phi) is 3.67. The van der Waals surface area contributed by atoms with Gasteiger partial charge in [0, 0.05) is 6.07 Å². The van der Waals surface area contributed by atoms with E-state index in [4.69, 9.17) is 10.00 Å². The van der Waals surface area contributed by atoms with Crippen LogP contribution in [0.3, 0.4) is 0 Å². The van der Waals surface area contributed by atoms with Crippen LogP contribution in [0.15, 0.2) is 36.4 Å². The van der Waals surface area contributed by atoms with Crippen LogP contribution < -0.4 is 4.74 Å². The number of aryl methyl sites for hydroxylation is 1. The smallest absolute Gasteiger partial charge is 0.312 e. The fraction of sp³-hybridized carbons (Fsp3) is 0.133. The highest BCUT2D eigenvalue weighted by Gasteiger charge is 2.17. The Morgan fingerprint density at radius 3 is 2.60 bits per heavy atom. The molecule has 0 saturated carbocycles. The summed E-state index contributed by atoms with van der Waals surface area (Å²) in [6.07, 6.45) is 0. The number of benzene rings is 2. The minimum absolute atomic E-state index is 0.128. The summed E-state index contributed by atoms with van der Waals surface area (Å²) in [5.74, 6) is 0.695. The van der Waals surface area contributed by atoms with E-state index < -0.39 is 4.92 Å². The number of nitrogens with zero attached hydrogens (tertiary/aromatic N) is 2. The van der Waals surface area contributed by atoms with Gasteiger partial charge >= 0.3 is 5.69 Å². The summed E-state index contributed by atoms with van der Waals surface area (Å²) in [6, 6.07) is 11.5. The standard InChI is InChI=1S/C15H12N2O3/c1-10-4-3-5-14(11(10)2)20-15-7-6-12(9-16)8-13(15)17(18)19/h3-8H,1-2H3. The summed E-state index contributed by atoms with van der Waals surface area (Å²) in [7, 11) is 0. The fourth-order valence-corrected chi connectivity index (χ4v) is 1.77. The molecule has 20 heavy (non-hydrogen) atoms. The van der Waals surface area contributed by atoms with Gasteiger partial charge in [-0.25, -0.2) is 0 Å². The molecule has 0 unspecified atom stereocenters. The molecule has 5 heteroatoms. The number of hydrogen-bond acceptors (Lipinski definition) is 4. The normalized spacial score (nSPS) is 9.85. The van der Waals surface area contributed by atoms with Crippen molar-refractivity contribution >= 4 is 5.69 Å². The second-order valence-corrected chi connectivity index (χ2v) is 4.35. The zero-order valence-corrected chi connectivity index (χ0v) is 11.1. The second kappa shape index (κ2) is 5.41. The minimum atomic E-state index is -0.554. The summed E-state index contributed by atoms with van der Waals surface area (Å²) < 4.78 is 5.63. The molecule has 2 rings (SSSR count). The van der Waals surface area contributed by atoms with E-state index in [9.17, 15) is 10.1 Å². The highest BCUT2D eigenvalue weighted by molar-refractivity contribution is 5.54. The molecule has 2 aromatic rings. The van der Waals surface area contributed by atoms with Crippen molar-refractivity contribution in [2.45, 2.75) is 13.8 Å². The zero-order valence-electron chi connectivity index (χ0n) is 11.1. The van der Waals surface area contributed by atoms with Gasteiger partial charge in [-0.15, -0.1) is 0 Å². The van der Waals surface area contributed by atoms with Gasteiger partial charge in [-0.1, -0.05) is 12.1 Å². The van der Waals surface area contributed by atoms with Gasteiger partial charge < -0.3 is 4.74 Å². The van der Waals surface area contributed by atoms with Gasteiger partial charge in [0.2, 0.25) is 5.75 Å². The molecule has 0 heterocycles.